The molecule has 13 heavy (non-hydrogen) atoms. The summed E-state index contributed by atoms with van der Waals surface area (Å²) in [5, 5.41) is 13.9. The molecule has 0 N–H and O–H groups in total. The van der Waals surface area contributed by atoms with Gasteiger partial charge in [0.25, 0.3) is 0 Å². The predicted molar refractivity (Wildman–Crippen MR) is 53.2 cm³/mol. The van der Waals surface area contributed by atoms with Crippen LogP contribution in [-0.2, 0) is 6.42 Å². The van der Waals surface area contributed by atoms with E-state index in [1.54, 1.807) is 11.8 Å². The number of aryl methyl sites for hydroxylation is 1. The van der Waals surface area contributed by atoms with Gasteiger partial charge >= 0.3 is 0 Å². The molecule has 5 heteroatoms. The van der Waals surface area contributed by atoms with Crippen LogP contribution >= 0.6 is 11.8 Å². The van der Waals surface area contributed by atoms with Gasteiger partial charge in [-0.1, -0.05) is 18.7 Å². The Bertz CT molecular complexity index is 355. The zero-order valence-electron chi connectivity index (χ0n) is 7.98. The van der Waals surface area contributed by atoms with Crippen LogP contribution in [0.3, 0.4) is 0 Å². The lowest BCUT2D eigenvalue weighted by Crippen LogP contribution is -2.17. The molecular formula is C8H12N4S. The predicted octanol–water partition coefficient (Wildman–Crippen LogP) is 1.56. The summed E-state index contributed by atoms with van der Waals surface area (Å²) in [4.78, 5) is 0. The molecule has 0 aliphatic carbocycles. The largest absolute Gasteiger partial charge is 0.212 e. The second-order valence-electron chi connectivity index (χ2n) is 3.07. The molecule has 0 saturated carbocycles. The third-order valence-corrected chi connectivity index (χ3v) is 3.28. The lowest BCUT2D eigenvalue weighted by Gasteiger charge is -2.16. The summed E-state index contributed by atoms with van der Waals surface area (Å²) in [6.45, 7) is 6.23. The zero-order valence-corrected chi connectivity index (χ0v) is 8.80. The number of rotatable bonds is 1. The van der Waals surface area contributed by atoms with Crippen LogP contribution in [0.1, 0.15) is 26.6 Å². The van der Waals surface area contributed by atoms with Crippen molar-refractivity contribution in [2.24, 2.45) is 5.10 Å². The molecule has 2 rings (SSSR count). The summed E-state index contributed by atoms with van der Waals surface area (Å²) in [6.07, 6.45) is 0.874. The lowest BCUT2D eigenvalue weighted by molar-refractivity contribution is 0.706. The SMILES string of the molecule is CCc1nnc2n1N=C(C)C(C)S2. The molecular weight excluding hydrogens is 184 g/mol. The number of nitrogens with zero attached hydrogens (tertiary/aromatic N) is 4. The summed E-state index contributed by atoms with van der Waals surface area (Å²) in [7, 11) is 0. The van der Waals surface area contributed by atoms with Crippen molar-refractivity contribution in [1.82, 2.24) is 14.9 Å². The van der Waals surface area contributed by atoms with E-state index < -0.39 is 0 Å². The third kappa shape index (κ3) is 1.37. The van der Waals surface area contributed by atoms with Crippen molar-refractivity contribution in [1.29, 1.82) is 0 Å². The first-order valence-corrected chi connectivity index (χ1v) is 5.26. The molecule has 1 aliphatic rings. The number of fused-ring (bicyclic) bond motifs is 1. The van der Waals surface area contributed by atoms with E-state index in [2.05, 4.69) is 29.1 Å². The van der Waals surface area contributed by atoms with Gasteiger partial charge in [0, 0.05) is 17.4 Å². The van der Waals surface area contributed by atoms with E-state index >= 15 is 0 Å². The molecule has 0 radical (unpaired) electrons. The fraction of sp³-hybridized carbons (Fsp3) is 0.625. The highest BCUT2D eigenvalue weighted by Gasteiger charge is 2.20. The normalized spacial score (nSPS) is 21.2. The van der Waals surface area contributed by atoms with E-state index in [0.29, 0.717) is 5.25 Å². The molecule has 0 bridgehead atoms. The molecule has 0 spiro atoms. The molecule has 1 aromatic heterocycles. The molecule has 1 aliphatic heterocycles. The highest BCUT2D eigenvalue weighted by molar-refractivity contribution is 8.00. The molecule has 1 aromatic rings. The maximum absolute atomic E-state index is 4.45. The molecule has 1 atom stereocenters. The number of hydrogen-bond acceptors (Lipinski definition) is 4. The smallest absolute Gasteiger partial charge is 0.192 e. The van der Waals surface area contributed by atoms with Crippen molar-refractivity contribution in [3.63, 3.8) is 0 Å². The zero-order chi connectivity index (χ0) is 9.42. The van der Waals surface area contributed by atoms with Crippen LogP contribution in [0.15, 0.2) is 10.3 Å². The van der Waals surface area contributed by atoms with Crippen LogP contribution in [0.5, 0.6) is 0 Å². The molecule has 4 nitrogen and oxygen atoms in total. The molecule has 0 fully saturated rings. The van der Waals surface area contributed by atoms with Gasteiger partial charge in [-0.15, -0.1) is 10.2 Å². The van der Waals surface area contributed by atoms with Crippen molar-refractivity contribution in [3.8, 4) is 0 Å². The van der Waals surface area contributed by atoms with Gasteiger partial charge in [0.1, 0.15) is 0 Å². The summed E-state index contributed by atoms with van der Waals surface area (Å²) in [6, 6.07) is 0. The van der Waals surface area contributed by atoms with Crippen molar-refractivity contribution in [3.05, 3.63) is 5.82 Å². The molecule has 0 amide bonds. The number of hydrogen-bond donors (Lipinski definition) is 0. The van der Waals surface area contributed by atoms with Gasteiger partial charge in [-0.25, -0.2) is 0 Å². The second-order valence-corrected chi connectivity index (χ2v) is 4.37. The van der Waals surface area contributed by atoms with Crippen molar-refractivity contribution >= 4 is 17.5 Å². The standard InChI is InChI=1S/C8H12N4S/c1-4-7-9-10-8-12(7)11-5(2)6(3)13-8/h6H,4H2,1-3H3. The van der Waals surface area contributed by atoms with Crippen LogP contribution in [-0.4, -0.2) is 25.8 Å². The topological polar surface area (TPSA) is 43.1 Å². The summed E-state index contributed by atoms with van der Waals surface area (Å²) in [5.41, 5.74) is 1.13. The van der Waals surface area contributed by atoms with Crippen molar-refractivity contribution < 1.29 is 0 Å². The summed E-state index contributed by atoms with van der Waals surface area (Å²) >= 11 is 1.71. The Labute approximate surface area is 81.4 Å². The quantitative estimate of drug-likeness (QED) is 0.684. The van der Waals surface area contributed by atoms with E-state index in [1.165, 1.54) is 0 Å². The van der Waals surface area contributed by atoms with Gasteiger partial charge < -0.3 is 0 Å². The Balaban J connectivity index is 2.47. The van der Waals surface area contributed by atoms with Gasteiger partial charge in [0.05, 0.1) is 0 Å². The molecule has 2 heterocycles. The molecule has 70 valence electrons. The van der Waals surface area contributed by atoms with Crippen LogP contribution < -0.4 is 0 Å². The summed E-state index contributed by atoms with van der Waals surface area (Å²) in [5.74, 6) is 0.939. The van der Waals surface area contributed by atoms with E-state index in [0.717, 1.165) is 23.1 Å². The number of aromatic nitrogens is 3. The van der Waals surface area contributed by atoms with Crippen LogP contribution in [0.4, 0.5) is 0 Å². The Morgan fingerprint density at radius 1 is 1.46 bits per heavy atom. The van der Waals surface area contributed by atoms with Gasteiger partial charge in [-0.2, -0.15) is 9.78 Å². The van der Waals surface area contributed by atoms with Gasteiger partial charge in [0.15, 0.2) is 5.82 Å². The van der Waals surface area contributed by atoms with E-state index in [9.17, 15) is 0 Å². The molecule has 0 saturated heterocycles. The molecule has 1 unspecified atom stereocenters. The van der Waals surface area contributed by atoms with Gasteiger partial charge in [-0.05, 0) is 13.8 Å². The minimum atomic E-state index is 0.418. The highest BCUT2D eigenvalue weighted by atomic mass is 32.2. The first-order chi connectivity index (χ1) is 6.22. The van der Waals surface area contributed by atoms with Crippen LogP contribution in [0, 0.1) is 0 Å². The van der Waals surface area contributed by atoms with E-state index in [-0.39, 0.29) is 0 Å². The molecule has 0 aromatic carbocycles. The Morgan fingerprint density at radius 2 is 2.23 bits per heavy atom. The second kappa shape index (κ2) is 3.14. The maximum Gasteiger partial charge on any atom is 0.212 e. The average molecular weight is 196 g/mol. The van der Waals surface area contributed by atoms with Crippen LogP contribution in [0.2, 0.25) is 0 Å². The monoisotopic (exact) mass is 196 g/mol. The minimum Gasteiger partial charge on any atom is -0.192 e. The van der Waals surface area contributed by atoms with E-state index in [4.69, 9.17) is 0 Å². The van der Waals surface area contributed by atoms with Crippen molar-refractivity contribution in [2.45, 2.75) is 37.6 Å². The maximum atomic E-state index is 4.45. The van der Waals surface area contributed by atoms with E-state index in [1.807, 2.05) is 11.6 Å². The van der Waals surface area contributed by atoms with Gasteiger partial charge in [0.2, 0.25) is 5.16 Å². The Kier molecular flexibility index (Phi) is 2.11. The fourth-order valence-electron chi connectivity index (χ4n) is 1.17. The lowest BCUT2D eigenvalue weighted by atomic mass is 10.3. The first-order valence-electron chi connectivity index (χ1n) is 4.38. The van der Waals surface area contributed by atoms with Crippen LogP contribution in [0.25, 0.3) is 0 Å². The first kappa shape index (κ1) is 8.74. The average Bonchev–Trinajstić information content (AvgIpc) is 2.48. The summed E-state index contributed by atoms with van der Waals surface area (Å²) < 4.78 is 1.85. The number of thioether (sulfide) groups is 1. The third-order valence-electron chi connectivity index (χ3n) is 2.12. The van der Waals surface area contributed by atoms with Gasteiger partial charge in [-0.3, -0.25) is 0 Å². The fourth-order valence-corrected chi connectivity index (χ4v) is 2.04. The van der Waals surface area contributed by atoms with Crippen molar-refractivity contribution in [2.75, 3.05) is 0 Å². The highest BCUT2D eigenvalue weighted by Crippen LogP contribution is 2.27. The minimum absolute atomic E-state index is 0.418. The Morgan fingerprint density at radius 3 is 2.92 bits per heavy atom. The Hall–Kier alpha value is -0.840.